The van der Waals surface area contributed by atoms with Crippen LogP contribution in [0.15, 0.2) is 15.9 Å². The van der Waals surface area contributed by atoms with Crippen molar-refractivity contribution < 1.29 is 0 Å². The predicted molar refractivity (Wildman–Crippen MR) is 59.1 cm³/mol. The van der Waals surface area contributed by atoms with E-state index >= 15 is 0 Å². The monoisotopic (exact) mass is 267 g/mol. The van der Waals surface area contributed by atoms with Crippen LogP contribution in [-0.2, 0) is 6.54 Å². The van der Waals surface area contributed by atoms with Crippen LogP contribution < -0.4 is 0 Å². The first kappa shape index (κ1) is 10.5. The molecule has 0 bridgehead atoms. The lowest BCUT2D eigenvalue weighted by Crippen LogP contribution is -2.19. The number of thiophene rings is 1. The summed E-state index contributed by atoms with van der Waals surface area (Å²) in [5.74, 6) is 0.697. The zero-order valence-corrected chi connectivity index (χ0v) is 10.0. The van der Waals surface area contributed by atoms with Crippen LogP contribution in [0, 0.1) is 0 Å². The van der Waals surface area contributed by atoms with Gasteiger partial charge < -0.3 is 4.90 Å². The fraction of sp³-hybridized carbons (Fsp3) is 0.500. The number of alkyl halides is 1. The van der Waals surface area contributed by atoms with Gasteiger partial charge in [0.15, 0.2) is 0 Å². The average molecular weight is 269 g/mol. The summed E-state index contributed by atoms with van der Waals surface area (Å²) in [6, 6.07) is 2.15. The number of nitrogens with zero attached hydrogens (tertiary/aromatic N) is 1. The molecule has 0 N–H and O–H groups in total. The molecule has 0 atom stereocenters. The molecule has 12 heavy (non-hydrogen) atoms. The van der Waals surface area contributed by atoms with Crippen LogP contribution >= 0.6 is 38.9 Å². The summed E-state index contributed by atoms with van der Waals surface area (Å²) in [6.45, 7) is 1.93. The van der Waals surface area contributed by atoms with Crippen LogP contribution in [0.1, 0.15) is 4.88 Å². The first-order valence-corrected chi connectivity index (χ1v) is 5.90. The minimum Gasteiger partial charge on any atom is -0.300 e. The normalized spacial score (nSPS) is 11.0. The quantitative estimate of drug-likeness (QED) is 0.758. The molecule has 0 unspecified atom stereocenters. The molecule has 0 saturated heterocycles. The number of hydrogen-bond acceptors (Lipinski definition) is 2. The van der Waals surface area contributed by atoms with E-state index in [0.717, 1.165) is 13.1 Å². The summed E-state index contributed by atoms with van der Waals surface area (Å²) in [6.07, 6.45) is 0. The third kappa shape index (κ3) is 3.44. The topological polar surface area (TPSA) is 3.24 Å². The number of hydrogen-bond donors (Lipinski definition) is 0. The van der Waals surface area contributed by atoms with Crippen molar-refractivity contribution in [3.05, 3.63) is 20.8 Å². The highest BCUT2D eigenvalue weighted by Crippen LogP contribution is 2.20. The molecule has 0 aliphatic rings. The summed E-state index contributed by atoms with van der Waals surface area (Å²) in [7, 11) is 2.08. The Morgan fingerprint density at radius 1 is 1.67 bits per heavy atom. The van der Waals surface area contributed by atoms with Gasteiger partial charge >= 0.3 is 0 Å². The Morgan fingerprint density at radius 2 is 2.42 bits per heavy atom. The van der Waals surface area contributed by atoms with Gasteiger partial charge in [-0.1, -0.05) is 0 Å². The van der Waals surface area contributed by atoms with E-state index in [2.05, 4.69) is 39.3 Å². The summed E-state index contributed by atoms with van der Waals surface area (Å²) in [4.78, 5) is 3.58. The second kappa shape index (κ2) is 5.22. The van der Waals surface area contributed by atoms with Crippen LogP contribution in [0.2, 0.25) is 0 Å². The molecule has 0 aromatic carbocycles. The molecule has 1 rings (SSSR count). The van der Waals surface area contributed by atoms with Crippen molar-refractivity contribution in [3.63, 3.8) is 0 Å². The van der Waals surface area contributed by atoms with Gasteiger partial charge in [-0.2, -0.15) is 0 Å². The molecular formula is C8H11BrClNS. The molecule has 0 aliphatic heterocycles. The Labute approximate surface area is 90.5 Å². The third-order valence-electron chi connectivity index (χ3n) is 1.51. The smallest absolute Gasteiger partial charge is 0.0351 e. The first-order valence-electron chi connectivity index (χ1n) is 3.70. The molecule has 0 amide bonds. The lowest BCUT2D eigenvalue weighted by molar-refractivity contribution is 0.351. The van der Waals surface area contributed by atoms with E-state index in [1.807, 2.05) is 0 Å². The largest absolute Gasteiger partial charge is 0.300 e. The standard InChI is InChI=1S/C8H11BrClNS/c1-11(3-2-10)5-8-4-7(9)6-12-8/h4,6H,2-3,5H2,1H3. The van der Waals surface area contributed by atoms with Crippen LogP contribution in [0.4, 0.5) is 0 Å². The molecule has 1 heterocycles. The van der Waals surface area contributed by atoms with E-state index < -0.39 is 0 Å². The fourth-order valence-corrected chi connectivity index (χ4v) is 2.74. The zero-order chi connectivity index (χ0) is 8.97. The molecule has 0 aliphatic carbocycles. The molecule has 68 valence electrons. The van der Waals surface area contributed by atoms with Crippen molar-refractivity contribution in [2.75, 3.05) is 19.5 Å². The lowest BCUT2D eigenvalue weighted by Gasteiger charge is -2.12. The minimum atomic E-state index is 0.697. The molecule has 0 radical (unpaired) electrons. The van der Waals surface area contributed by atoms with Gasteiger partial charge in [0, 0.05) is 33.7 Å². The molecular weight excluding hydrogens is 258 g/mol. The molecule has 1 aromatic heterocycles. The molecule has 1 nitrogen and oxygen atoms in total. The maximum absolute atomic E-state index is 5.62. The van der Waals surface area contributed by atoms with E-state index in [9.17, 15) is 0 Å². The summed E-state index contributed by atoms with van der Waals surface area (Å²) >= 11 is 10.8. The van der Waals surface area contributed by atoms with Crippen molar-refractivity contribution in [2.24, 2.45) is 0 Å². The minimum absolute atomic E-state index is 0.697. The Morgan fingerprint density at radius 3 is 2.92 bits per heavy atom. The Hall–Kier alpha value is 0.430. The summed E-state index contributed by atoms with van der Waals surface area (Å²) in [5.41, 5.74) is 0. The Balaban J connectivity index is 2.41. The highest BCUT2D eigenvalue weighted by molar-refractivity contribution is 9.10. The molecule has 0 saturated carbocycles. The molecule has 0 spiro atoms. The van der Waals surface area contributed by atoms with Gasteiger partial charge in [0.25, 0.3) is 0 Å². The van der Waals surface area contributed by atoms with E-state index in [0.29, 0.717) is 5.88 Å². The predicted octanol–water partition coefficient (Wildman–Crippen LogP) is 3.18. The molecule has 1 aromatic rings. The van der Waals surface area contributed by atoms with Crippen molar-refractivity contribution in [1.82, 2.24) is 4.90 Å². The number of rotatable bonds is 4. The van der Waals surface area contributed by atoms with Gasteiger partial charge in [-0.15, -0.1) is 22.9 Å². The van der Waals surface area contributed by atoms with Gasteiger partial charge in [0.2, 0.25) is 0 Å². The average Bonchev–Trinajstić information content (AvgIpc) is 2.36. The van der Waals surface area contributed by atoms with E-state index in [1.165, 1.54) is 9.35 Å². The second-order valence-electron chi connectivity index (χ2n) is 2.66. The molecule has 4 heteroatoms. The van der Waals surface area contributed by atoms with E-state index in [1.54, 1.807) is 11.3 Å². The van der Waals surface area contributed by atoms with E-state index in [-0.39, 0.29) is 0 Å². The van der Waals surface area contributed by atoms with Crippen molar-refractivity contribution >= 4 is 38.9 Å². The summed E-state index contributed by atoms with van der Waals surface area (Å²) < 4.78 is 1.17. The highest BCUT2D eigenvalue weighted by atomic mass is 79.9. The SMILES string of the molecule is CN(CCCl)Cc1cc(Br)cs1. The Kier molecular flexibility index (Phi) is 4.57. The second-order valence-corrected chi connectivity index (χ2v) is 4.95. The van der Waals surface area contributed by atoms with Gasteiger partial charge in [-0.3, -0.25) is 0 Å². The van der Waals surface area contributed by atoms with Crippen LogP contribution in [0.5, 0.6) is 0 Å². The summed E-state index contributed by atoms with van der Waals surface area (Å²) in [5, 5.41) is 2.10. The van der Waals surface area contributed by atoms with Gasteiger partial charge in [0.05, 0.1) is 0 Å². The fourth-order valence-electron chi connectivity index (χ4n) is 0.926. The highest BCUT2D eigenvalue weighted by Gasteiger charge is 2.01. The molecule has 0 fully saturated rings. The maximum atomic E-state index is 5.62. The Bertz CT molecular complexity index is 239. The maximum Gasteiger partial charge on any atom is 0.0351 e. The van der Waals surface area contributed by atoms with Crippen LogP contribution in [-0.4, -0.2) is 24.4 Å². The van der Waals surface area contributed by atoms with Gasteiger partial charge in [-0.05, 0) is 29.0 Å². The van der Waals surface area contributed by atoms with Crippen LogP contribution in [0.3, 0.4) is 0 Å². The van der Waals surface area contributed by atoms with Gasteiger partial charge in [-0.25, -0.2) is 0 Å². The van der Waals surface area contributed by atoms with Crippen molar-refractivity contribution in [3.8, 4) is 0 Å². The third-order valence-corrected chi connectivity index (χ3v) is 3.37. The first-order chi connectivity index (χ1) is 5.72. The van der Waals surface area contributed by atoms with Crippen LogP contribution in [0.25, 0.3) is 0 Å². The van der Waals surface area contributed by atoms with Crippen molar-refractivity contribution in [2.45, 2.75) is 6.54 Å². The zero-order valence-electron chi connectivity index (χ0n) is 6.89. The number of halogens is 2. The van der Waals surface area contributed by atoms with Crippen molar-refractivity contribution in [1.29, 1.82) is 0 Å². The van der Waals surface area contributed by atoms with E-state index in [4.69, 9.17) is 11.6 Å². The van der Waals surface area contributed by atoms with Gasteiger partial charge in [0.1, 0.15) is 0 Å². The lowest BCUT2D eigenvalue weighted by atomic mass is 10.4.